The molecule has 98 valence electrons. The molecule has 0 spiro atoms. The summed E-state index contributed by atoms with van der Waals surface area (Å²) in [6, 6.07) is -1.37. The zero-order valence-corrected chi connectivity index (χ0v) is 9.46. The largest absolute Gasteiger partial charge is 0.300 e. The summed E-state index contributed by atoms with van der Waals surface area (Å²) >= 11 is 0. The molecule has 1 aromatic rings. The molecule has 1 unspecified atom stereocenters. The van der Waals surface area contributed by atoms with Crippen LogP contribution in [0.2, 0.25) is 0 Å². The van der Waals surface area contributed by atoms with Crippen LogP contribution in [0.25, 0.3) is 0 Å². The average molecular weight is 263 g/mol. The summed E-state index contributed by atoms with van der Waals surface area (Å²) in [6.07, 6.45) is 5.63. The van der Waals surface area contributed by atoms with E-state index in [0.29, 0.717) is 6.42 Å². The zero-order chi connectivity index (χ0) is 13.9. The van der Waals surface area contributed by atoms with E-state index in [1.165, 1.54) is 0 Å². The smallest absolute Gasteiger partial charge is 0.200 e. The van der Waals surface area contributed by atoms with Gasteiger partial charge in [0.1, 0.15) is 6.04 Å². The molecule has 0 aliphatic rings. The summed E-state index contributed by atoms with van der Waals surface area (Å²) in [5, 5.41) is 2.52. The molecule has 0 aliphatic carbocycles. The van der Waals surface area contributed by atoms with Gasteiger partial charge in [0.15, 0.2) is 23.3 Å². The molecule has 6 heteroatoms. The van der Waals surface area contributed by atoms with Crippen molar-refractivity contribution in [3.8, 4) is 12.3 Å². The van der Waals surface area contributed by atoms with Crippen molar-refractivity contribution in [1.82, 2.24) is 5.32 Å². The fourth-order valence-electron chi connectivity index (χ4n) is 1.41. The van der Waals surface area contributed by atoms with Gasteiger partial charge in [-0.1, -0.05) is 12.8 Å². The van der Waals surface area contributed by atoms with Crippen LogP contribution < -0.4 is 5.32 Å². The van der Waals surface area contributed by atoms with Crippen LogP contribution in [0.4, 0.5) is 22.0 Å². The Morgan fingerprint density at radius 3 is 1.83 bits per heavy atom. The second-order valence-corrected chi connectivity index (χ2v) is 3.54. The lowest BCUT2D eigenvalue weighted by atomic mass is 10.0. The molecule has 1 nitrogen and oxygen atoms in total. The molecule has 0 saturated carbocycles. The van der Waals surface area contributed by atoms with Crippen molar-refractivity contribution < 1.29 is 22.0 Å². The quantitative estimate of drug-likeness (QED) is 0.381. The lowest BCUT2D eigenvalue weighted by Crippen LogP contribution is -2.24. The van der Waals surface area contributed by atoms with Gasteiger partial charge in [-0.15, -0.1) is 6.42 Å². The van der Waals surface area contributed by atoms with Crippen molar-refractivity contribution in [3.63, 3.8) is 0 Å². The van der Waals surface area contributed by atoms with E-state index in [-0.39, 0.29) is 6.54 Å². The van der Waals surface area contributed by atoms with E-state index in [4.69, 9.17) is 6.42 Å². The predicted molar refractivity (Wildman–Crippen MR) is 56.1 cm³/mol. The topological polar surface area (TPSA) is 12.0 Å². The maximum absolute atomic E-state index is 13.4. The molecule has 0 amide bonds. The maximum atomic E-state index is 13.4. The van der Waals surface area contributed by atoms with E-state index >= 15 is 0 Å². The van der Waals surface area contributed by atoms with Gasteiger partial charge in [-0.2, -0.15) is 0 Å². The van der Waals surface area contributed by atoms with Crippen LogP contribution in [0.15, 0.2) is 0 Å². The van der Waals surface area contributed by atoms with Crippen LogP contribution in [0, 0.1) is 41.4 Å². The number of terminal acetylenes is 1. The van der Waals surface area contributed by atoms with Crippen molar-refractivity contribution in [3.05, 3.63) is 34.6 Å². The molecule has 0 saturated heterocycles. The van der Waals surface area contributed by atoms with Crippen molar-refractivity contribution in [2.24, 2.45) is 0 Å². The van der Waals surface area contributed by atoms with Crippen LogP contribution in [0.1, 0.15) is 24.9 Å². The number of benzene rings is 1. The second-order valence-electron chi connectivity index (χ2n) is 3.54. The first kappa shape index (κ1) is 14.5. The van der Waals surface area contributed by atoms with Crippen LogP contribution in [-0.4, -0.2) is 6.54 Å². The highest BCUT2D eigenvalue weighted by Crippen LogP contribution is 2.27. The summed E-state index contributed by atoms with van der Waals surface area (Å²) in [6.45, 7) is 2.05. The first-order valence-corrected chi connectivity index (χ1v) is 5.16. The van der Waals surface area contributed by atoms with Crippen molar-refractivity contribution in [2.75, 3.05) is 6.54 Å². The molecule has 0 aliphatic heterocycles. The van der Waals surface area contributed by atoms with Gasteiger partial charge in [-0.05, 0) is 13.0 Å². The highest BCUT2D eigenvalue weighted by molar-refractivity contribution is 5.31. The van der Waals surface area contributed by atoms with Gasteiger partial charge >= 0.3 is 0 Å². The Balaban J connectivity index is 3.36. The molecule has 0 fully saturated rings. The second kappa shape index (κ2) is 5.83. The monoisotopic (exact) mass is 263 g/mol. The zero-order valence-electron chi connectivity index (χ0n) is 9.46. The fraction of sp³-hybridized carbons (Fsp3) is 0.333. The van der Waals surface area contributed by atoms with E-state index in [0.717, 1.165) is 0 Å². The van der Waals surface area contributed by atoms with Crippen LogP contribution in [0.3, 0.4) is 0 Å². The van der Waals surface area contributed by atoms with E-state index < -0.39 is 40.7 Å². The summed E-state index contributed by atoms with van der Waals surface area (Å²) in [5.41, 5.74) is -1.03. The molecule has 0 aromatic heterocycles. The first-order valence-electron chi connectivity index (χ1n) is 5.16. The SMILES string of the molecule is C#CC(NCCC)c1c(F)c(F)c(F)c(F)c1F. The van der Waals surface area contributed by atoms with Crippen LogP contribution >= 0.6 is 0 Å². The Labute approximate surface area is 101 Å². The third kappa shape index (κ3) is 2.46. The molecule has 1 N–H and O–H groups in total. The highest BCUT2D eigenvalue weighted by atomic mass is 19.2. The number of hydrogen-bond acceptors (Lipinski definition) is 1. The van der Waals surface area contributed by atoms with Crippen molar-refractivity contribution >= 4 is 0 Å². The maximum Gasteiger partial charge on any atom is 0.200 e. The lowest BCUT2D eigenvalue weighted by Gasteiger charge is -2.15. The molecular formula is C12H10F5N. The highest BCUT2D eigenvalue weighted by Gasteiger charge is 2.29. The molecule has 18 heavy (non-hydrogen) atoms. The van der Waals surface area contributed by atoms with Gasteiger partial charge in [0.05, 0.1) is 5.56 Å². The van der Waals surface area contributed by atoms with Crippen LogP contribution in [0.5, 0.6) is 0 Å². The molecule has 1 aromatic carbocycles. The third-order valence-corrected chi connectivity index (χ3v) is 2.30. The fourth-order valence-corrected chi connectivity index (χ4v) is 1.41. The van der Waals surface area contributed by atoms with Gasteiger partial charge in [-0.25, -0.2) is 22.0 Å². The minimum atomic E-state index is -2.19. The lowest BCUT2D eigenvalue weighted by molar-refractivity contribution is 0.364. The Morgan fingerprint density at radius 1 is 1.00 bits per heavy atom. The van der Waals surface area contributed by atoms with Crippen LogP contribution in [-0.2, 0) is 0 Å². The summed E-state index contributed by atoms with van der Waals surface area (Å²) in [5.74, 6) is -8.04. The number of nitrogens with one attached hydrogen (secondary N) is 1. The summed E-state index contributed by atoms with van der Waals surface area (Å²) in [7, 11) is 0. The van der Waals surface area contributed by atoms with Gasteiger partial charge in [0, 0.05) is 0 Å². The van der Waals surface area contributed by atoms with Gasteiger partial charge in [0.2, 0.25) is 5.82 Å². The average Bonchev–Trinajstić information content (AvgIpc) is 2.38. The van der Waals surface area contributed by atoms with Gasteiger partial charge in [0.25, 0.3) is 0 Å². The Bertz CT molecular complexity index is 463. The van der Waals surface area contributed by atoms with E-state index in [2.05, 4.69) is 5.32 Å². The number of halogens is 5. The van der Waals surface area contributed by atoms with Crippen molar-refractivity contribution in [2.45, 2.75) is 19.4 Å². The molecule has 1 atom stereocenters. The molecule has 0 bridgehead atoms. The standard InChI is InChI=1S/C12H10F5N/c1-3-5-18-6(4-2)7-8(13)10(15)12(17)11(16)9(7)14/h2,6,18H,3,5H2,1H3. The van der Waals surface area contributed by atoms with E-state index in [1.807, 2.05) is 5.92 Å². The Morgan fingerprint density at radius 2 is 1.44 bits per heavy atom. The minimum absolute atomic E-state index is 0.286. The summed E-state index contributed by atoms with van der Waals surface area (Å²) in [4.78, 5) is 0. The summed E-state index contributed by atoms with van der Waals surface area (Å²) < 4.78 is 65.6. The molecule has 0 radical (unpaired) electrons. The van der Waals surface area contributed by atoms with Crippen molar-refractivity contribution in [1.29, 1.82) is 0 Å². The molecular weight excluding hydrogens is 253 g/mol. The molecule has 0 heterocycles. The van der Waals surface area contributed by atoms with Gasteiger partial charge < -0.3 is 0 Å². The molecule has 1 rings (SSSR count). The van der Waals surface area contributed by atoms with Gasteiger partial charge in [-0.3, -0.25) is 5.32 Å². The number of hydrogen-bond donors (Lipinski definition) is 1. The predicted octanol–water partition coefficient (Wildman–Crippen LogP) is 3.06. The minimum Gasteiger partial charge on any atom is -0.300 e. The third-order valence-electron chi connectivity index (χ3n) is 2.30. The normalized spacial score (nSPS) is 12.3. The Hall–Kier alpha value is -1.61. The Kier molecular flexibility index (Phi) is 4.68. The van der Waals surface area contributed by atoms with E-state index in [1.54, 1.807) is 6.92 Å². The number of rotatable bonds is 4. The first-order chi connectivity index (χ1) is 8.45. The van der Waals surface area contributed by atoms with E-state index in [9.17, 15) is 22.0 Å².